The van der Waals surface area contributed by atoms with E-state index in [1.165, 1.54) is 7.05 Å². The number of nitrogens with two attached hydrogens (primary N) is 2. The van der Waals surface area contributed by atoms with Gasteiger partial charge in [-0.3, -0.25) is 14.2 Å². The Morgan fingerprint density at radius 2 is 2.10 bits per heavy atom. The number of carboxylic acids is 1. The van der Waals surface area contributed by atoms with Gasteiger partial charge in [-0.2, -0.15) is 0 Å². The third-order valence-corrected chi connectivity index (χ3v) is 3.18. The van der Waals surface area contributed by atoms with E-state index in [1.54, 1.807) is 0 Å². The maximum Gasteiger partial charge on any atom is 0.320 e. The van der Waals surface area contributed by atoms with Crippen molar-refractivity contribution in [2.75, 3.05) is 5.73 Å². The topological polar surface area (TPSA) is 165 Å². The highest BCUT2D eigenvalue weighted by molar-refractivity contribution is 5.91. The van der Waals surface area contributed by atoms with Crippen LogP contribution in [0.4, 0.5) is 5.95 Å². The minimum Gasteiger partial charge on any atom is -0.507 e. The molecule has 1 heterocycles. The molecule has 0 spiro atoms. The van der Waals surface area contributed by atoms with Crippen LogP contribution in [0.25, 0.3) is 10.9 Å². The third kappa shape index (κ3) is 2.34. The van der Waals surface area contributed by atoms with Crippen molar-refractivity contribution < 1.29 is 20.1 Å². The standard InChI is InChI=1S/C12H14N4O5/c1-16-10(19)7-8(15-12(16)14)6(17)3-4(9(7)18)2-5(13)11(20)21/h3,5,17-18H,2,13H2,1H3,(H2,14,15)(H,20,21). The number of aromatic hydroxyl groups is 2. The van der Waals surface area contributed by atoms with Gasteiger partial charge in [-0.1, -0.05) is 0 Å². The van der Waals surface area contributed by atoms with Gasteiger partial charge in [-0.05, 0) is 6.07 Å². The van der Waals surface area contributed by atoms with Crippen LogP contribution in [0.15, 0.2) is 10.9 Å². The summed E-state index contributed by atoms with van der Waals surface area (Å²) in [7, 11) is 1.36. The van der Waals surface area contributed by atoms with E-state index in [-0.39, 0.29) is 34.6 Å². The lowest BCUT2D eigenvalue weighted by Crippen LogP contribution is -2.32. The lowest BCUT2D eigenvalue weighted by molar-refractivity contribution is -0.138. The van der Waals surface area contributed by atoms with Crippen LogP contribution in [0, 0.1) is 0 Å². The average Bonchev–Trinajstić information content (AvgIpc) is 2.41. The van der Waals surface area contributed by atoms with E-state index in [4.69, 9.17) is 16.6 Å². The number of rotatable bonds is 3. The molecule has 9 nitrogen and oxygen atoms in total. The molecule has 112 valence electrons. The molecule has 0 bridgehead atoms. The van der Waals surface area contributed by atoms with Gasteiger partial charge in [0.15, 0.2) is 0 Å². The van der Waals surface area contributed by atoms with Crippen molar-refractivity contribution in [2.24, 2.45) is 12.8 Å². The molecule has 0 saturated heterocycles. The molecular formula is C12H14N4O5. The molecule has 0 aliphatic rings. The quantitative estimate of drug-likeness (QED) is 0.444. The third-order valence-electron chi connectivity index (χ3n) is 3.18. The number of carboxylic acid groups (broad SMARTS) is 1. The summed E-state index contributed by atoms with van der Waals surface area (Å²) in [5.74, 6) is -2.25. The van der Waals surface area contributed by atoms with Crippen molar-refractivity contribution in [3.8, 4) is 11.5 Å². The van der Waals surface area contributed by atoms with Crippen LogP contribution < -0.4 is 17.0 Å². The van der Waals surface area contributed by atoms with E-state index in [0.29, 0.717) is 0 Å². The SMILES string of the molecule is Cn1c(N)nc2c(O)cc(CC(N)C(=O)O)c(O)c2c1=O. The predicted octanol–water partition coefficient (Wildman–Crippen LogP) is -1.12. The van der Waals surface area contributed by atoms with Crippen molar-refractivity contribution in [1.82, 2.24) is 9.55 Å². The smallest absolute Gasteiger partial charge is 0.320 e. The summed E-state index contributed by atoms with van der Waals surface area (Å²) >= 11 is 0. The number of hydrogen-bond donors (Lipinski definition) is 5. The fraction of sp³-hybridized carbons (Fsp3) is 0.250. The molecule has 0 fully saturated rings. The van der Waals surface area contributed by atoms with Gasteiger partial charge in [0.2, 0.25) is 5.95 Å². The first-order chi connectivity index (χ1) is 9.73. The van der Waals surface area contributed by atoms with Gasteiger partial charge < -0.3 is 26.8 Å². The number of benzene rings is 1. The average molecular weight is 294 g/mol. The molecule has 2 aromatic rings. The summed E-state index contributed by atoms with van der Waals surface area (Å²) in [5.41, 5.74) is 10.1. The summed E-state index contributed by atoms with van der Waals surface area (Å²) in [5, 5.41) is 28.6. The van der Waals surface area contributed by atoms with Crippen LogP contribution in [0.1, 0.15) is 5.56 Å². The molecule has 0 aliphatic heterocycles. The number of nitrogen functional groups attached to an aromatic ring is 1. The van der Waals surface area contributed by atoms with Crippen molar-refractivity contribution in [2.45, 2.75) is 12.5 Å². The van der Waals surface area contributed by atoms with Gasteiger partial charge in [0.05, 0.1) is 0 Å². The number of carbonyl (C=O) groups is 1. The second-order valence-electron chi connectivity index (χ2n) is 4.61. The number of aromatic nitrogens is 2. The fourth-order valence-electron chi connectivity index (χ4n) is 1.96. The van der Waals surface area contributed by atoms with Crippen LogP contribution in [0.5, 0.6) is 11.5 Å². The van der Waals surface area contributed by atoms with Gasteiger partial charge in [-0.25, -0.2) is 4.98 Å². The predicted molar refractivity (Wildman–Crippen MR) is 74.0 cm³/mol. The Kier molecular flexibility index (Phi) is 3.44. The van der Waals surface area contributed by atoms with Crippen molar-refractivity contribution >= 4 is 22.8 Å². The van der Waals surface area contributed by atoms with Gasteiger partial charge in [0.1, 0.15) is 28.4 Å². The zero-order chi connectivity index (χ0) is 15.9. The minimum absolute atomic E-state index is 0.0403. The molecule has 21 heavy (non-hydrogen) atoms. The van der Waals surface area contributed by atoms with E-state index in [1.807, 2.05) is 0 Å². The Bertz CT molecular complexity index is 799. The first-order valence-electron chi connectivity index (χ1n) is 5.92. The summed E-state index contributed by atoms with van der Waals surface area (Å²) in [6.07, 6.45) is -0.252. The number of anilines is 1. The molecule has 1 aromatic heterocycles. The Hall–Kier alpha value is -2.81. The van der Waals surface area contributed by atoms with Gasteiger partial charge in [0, 0.05) is 19.0 Å². The van der Waals surface area contributed by atoms with Gasteiger partial charge in [-0.15, -0.1) is 0 Å². The largest absolute Gasteiger partial charge is 0.507 e. The lowest BCUT2D eigenvalue weighted by Gasteiger charge is -2.12. The monoisotopic (exact) mass is 294 g/mol. The minimum atomic E-state index is -1.28. The Morgan fingerprint density at radius 3 is 2.67 bits per heavy atom. The zero-order valence-corrected chi connectivity index (χ0v) is 11.1. The number of aliphatic carboxylic acids is 1. The number of fused-ring (bicyclic) bond motifs is 1. The molecule has 7 N–H and O–H groups in total. The van der Waals surface area contributed by atoms with Crippen molar-refractivity contribution in [3.05, 3.63) is 22.0 Å². The Morgan fingerprint density at radius 1 is 1.48 bits per heavy atom. The maximum atomic E-state index is 12.1. The van der Waals surface area contributed by atoms with Crippen molar-refractivity contribution in [1.29, 1.82) is 0 Å². The number of nitrogens with zero attached hydrogens (tertiary/aromatic N) is 2. The Labute approximate surface area is 118 Å². The summed E-state index contributed by atoms with van der Waals surface area (Å²) in [4.78, 5) is 26.7. The number of phenols is 2. The van der Waals surface area contributed by atoms with Gasteiger partial charge >= 0.3 is 5.97 Å². The molecule has 0 radical (unpaired) electrons. The highest BCUT2D eigenvalue weighted by Crippen LogP contribution is 2.33. The fourth-order valence-corrected chi connectivity index (χ4v) is 1.96. The highest BCUT2D eigenvalue weighted by atomic mass is 16.4. The van der Waals surface area contributed by atoms with Crippen molar-refractivity contribution in [3.63, 3.8) is 0 Å². The Balaban J connectivity index is 2.75. The molecule has 0 saturated carbocycles. The number of hydrogen-bond acceptors (Lipinski definition) is 7. The zero-order valence-electron chi connectivity index (χ0n) is 11.1. The highest BCUT2D eigenvalue weighted by Gasteiger charge is 2.21. The molecular weight excluding hydrogens is 280 g/mol. The molecule has 1 atom stereocenters. The van der Waals surface area contributed by atoms with Crippen LogP contribution in [-0.4, -0.2) is 36.9 Å². The van der Waals surface area contributed by atoms with Crippen LogP contribution in [0.3, 0.4) is 0 Å². The summed E-state index contributed by atoms with van der Waals surface area (Å²) < 4.78 is 1.00. The summed E-state index contributed by atoms with van der Waals surface area (Å²) in [6, 6.07) is -0.162. The first-order valence-corrected chi connectivity index (χ1v) is 5.92. The number of phenolic OH excluding ortho intramolecular Hbond substituents is 2. The maximum absolute atomic E-state index is 12.1. The molecule has 2 rings (SSSR count). The van der Waals surface area contributed by atoms with E-state index in [2.05, 4.69) is 4.98 Å². The van der Waals surface area contributed by atoms with Crippen LogP contribution in [0.2, 0.25) is 0 Å². The molecule has 9 heteroatoms. The summed E-state index contributed by atoms with van der Waals surface area (Å²) in [6.45, 7) is 0. The van der Waals surface area contributed by atoms with Gasteiger partial charge in [0.25, 0.3) is 5.56 Å². The van der Waals surface area contributed by atoms with E-state index in [9.17, 15) is 19.8 Å². The molecule has 1 unspecified atom stereocenters. The molecule has 0 amide bonds. The van der Waals surface area contributed by atoms with E-state index < -0.39 is 23.3 Å². The second kappa shape index (κ2) is 4.94. The van der Waals surface area contributed by atoms with E-state index >= 15 is 0 Å². The van der Waals surface area contributed by atoms with Crippen LogP contribution in [-0.2, 0) is 18.3 Å². The first kappa shape index (κ1) is 14.6. The van der Waals surface area contributed by atoms with E-state index in [0.717, 1.165) is 10.6 Å². The van der Waals surface area contributed by atoms with Crippen LogP contribution >= 0.6 is 0 Å². The second-order valence-corrected chi connectivity index (χ2v) is 4.61. The molecule has 1 aromatic carbocycles. The normalized spacial score (nSPS) is 12.5. The lowest BCUT2D eigenvalue weighted by atomic mass is 10.0. The molecule has 0 aliphatic carbocycles.